The first kappa shape index (κ1) is 21.1. The molecule has 31 heavy (non-hydrogen) atoms. The average molecular weight is 438 g/mol. The average Bonchev–Trinajstić information content (AvgIpc) is 3.01. The van der Waals surface area contributed by atoms with Crippen LogP contribution in [0.2, 0.25) is 0 Å². The molecule has 1 saturated heterocycles. The highest BCUT2D eigenvalue weighted by atomic mass is 35.5. The second-order valence-corrected chi connectivity index (χ2v) is 8.12. The number of halogens is 1. The van der Waals surface area contributed by atoms with Crippen LogP contribution in [0, 0.1) is 0 Å². The molecule has 0 aromatic heterocycles. The number of carbonyl (C=O) groups excluding carboxylic acids is 3. The summed E-state index contributed by atoms with van der Waals surface area (Å²) in [4.78, 5) is 41.2. The van der Waals surface area contributed by atoms with Gasteiger partial charge in [0.25, 0.3) is 17.7 Å². The van der Waals surface area contributed by atoms with Crippen LogP contribution in [0.3, 0.4) is 0 Å². The van der Waals surface area contributed by atoms with E-state index in [0.29, 0.717) is 17.7 Å². The zero-order valence-electron chi connectivity index (χ0n) is 17.1. The fourth-order valence-corrected chi connectivity index (χ4v) is 4.13. The van der Waals surface area contributed by atoms with Crippen molar-refractivity contribution in [3.05, 3.63) is 76.5 Å². The zero-order chi connectivity index (χ0) is 21.8. The minimum Gasteiger partial charge on any atom is -0.350 e. The molecule has 7 heteroatoms. The maximum Gasteiger partial charge on any atom is 0.278 e. The van der Waals surface area contributed by atoms with Crippen molar-refractivity contribution < 1.29 is 14.4 Å². The quantitative estimate of drug-likeness (QED) is 0.698. The molecule has 2 heterocycles. The minimum atomic E-state index is -0.509. The number of nitrogens with zero attached hydrogens (tertiary/aromatic N) is 2. The van der Waals surface area contributed by atoms with Crippen molar-refractivity contribution in [2.45, 2.75) is 25.7 Å². The summed E-state index contributed by atoms with van der Waals surface area (Å²) in [6.45, 7) is 1.77. The van der Waals surface area contributed by atoms with E-state index in [4.69, 9.17) is 11.6 Å². The topological polar surface area (TPSA) is 69.7 Å². The van der Waals surface area contributed by atoms with Crippen LogP contribution < -0.4 is 5.32 Å². The van der Waals surface area contributed by atoms with E-state index in [-0.39, 0.29) is 23.2 Å². The fourth-order valence-electron chi connectivity index (χ4n) is 3.90. The predicted molar refractivity (Wildman–Crippen MR) is 120 cm³/mol. The molecule has 0 bridgehead atoms. The number of anilines is 1. The van der Waals surface area contributed by atoms with Gasteiger partial charge >= 0.3 is 0 Å². The second kappa shape index (κ2) is 9.35. The van der Waals surface area contributed by atoms with Crippen LogP contribution in [-0.4, -0.2) is 47.2 Å². The second-order valence-electron chi connectivity index (χ2n) is 7.75. The van der Waals surface area contributed by atoms with Gasteiger partial charge in [-0.25, -0.2) is 0 Å². The fraction of sp³-hybridized carbons (Fsp3) is 0.292. The Morgan fingerprint density at radius 2 is 1.68 bits per heavy atom. The third-order valence-corrected chi connectivity index (χ3v) is 5.95. The van der Waals surface area contributed by atoms with E-state index in [9.17, 15) is 14.4 Å². The van der Waals surface area contributed by atoms with Crippen LogP contribution in [0.4, 0.5) is 5.69 Å². The normalized spacial score (nSPS) is 16.8. The Morgan fingerprint density at radius 3 is 2.42 bits per heavy atom. The van der Waals surface area contributed by atoms with Crippen LogP contribution in [0.25, 0.3) is 0 Å². The molecule has 2 aromatic carbocycles. The maximum atomic E-state index is 12.8. The van der Waals surface area contributed by atoms with Crippen molar-refractivity contribution in [3.63, 3.8) is 0 Å². The van der Waals surface area contributed by atoms with E-state index in [2.05, 4.69) is 5.32 Å². The number of imide groups is 1. The SMILES string of the molecule is O=C(c1cccc(NC2=C(Cl)C(=O)N(CCc3ccccc3)C2=O)c1)N1CCCCC1. The van der Waals surface area contributed by atoms with Crippen LogP contribution >= 0.6 is 11.6 Å². The summed E-state index contributed by atoms with van der Waals surface area (Å²) in [5.41, 5.74) is 2.16. The molecule has 4 rings (SSSR count). The number of hydrogen-bond donors (Lipinski definition) is 1. The van der Waals surface area contributed by atoms with Crippen LogP contribution in [0.1, 0.15) is 35.2 Å². The molecule has 0 aliphatic carbocycles. The highest BCUT2D eigenvalue weighted by Gasteiger charge is 2.37. The molecule has 3 amide bonds. The summed E-state index contributed by atoms with van der Waals surface area (Å²) < 4.78 is 0. The number of carbonyl (C=O) groups is 3. The number of piperidine rings is 1. The van der Waals surface area contributed by atoms with Gasteiger partial charge in [-0.3, -0.25) is 19.3 Å². The predicted octanol–water partition coefficient (Wildman–Crippen LogP) is 3.79. The van der Waals surface area contributed by atoms with Gasteiger partial charge in [-0.05, 0) is 49.4 Å². The van der Waals surface area contributed by atoms with Gasteiger partial charge in [-0.15, -0.1) is 0 Å². The zero-order valence-corrected chi connectivity index (χ0v) is 17.9. The molecule has 2 aromatic rings. The lowest BCUT2D eigenvalue weighted by atomic mass is 10.1. The van der Waals surface area contributed by atoms with Gasteiger partial charge in [0.1, 0.15) is 10.7 Å². The number of likely N-dealkylation sites (tertiary alicyclic amines) is 1. The van der Waals surface area contributed by atoms with Crippen LogP contribution in [0.15, 0.2) is 65.3 Å². The minimum absolute atomic E-state index is 0.0262. The lowest BCUT2D eigenvalue weighted by Gasteiger charge is -2.26. The Hall–Kier alpha value is -3.12. The Labute approximate surface area is 186 Å². The van der Waals surface area contributed by atoms with Crippen molar-refractivity contribution in [1.82, 2.24) is 9.80 Å². The van der Waals surface area contributed by atoms with E-state index in [1.165, 1.54) is 0 Å². The Bertz CT molecular complexity index is 1030. The molecule has 2 aliphatic rings. The van der Waals surface area contributed by atoms with Crippen molar-refractivity contribution >= 4 is 35.0 Å². The number of benzene rings is 2. The molecule has 0 atom stereocenters. The van der Waals surface area contributed by atoms with Gasteiger partial charge in [0, 0.05) is 30.9 Å². The third-order valence-electron chi connectivity index (χ3n) is 5.60. The van der Waals surface area contributed by atoms with Crippen molar-refractivity contribution in [2.24, 2.45) is 0 Å². The highest BCUT2D eigenvalue weighted by molar-refractivity contribution is 6.48. The molecule has 0 saturated carbocycles. The molecule has 0 radical (unpaired) electrons. The third kappa shape index (κ3) is 4.64. The molecule has 6 nitrogen and oxygen atoms in total. The highest BCUT2D eigenvalue weighted by Crippen LogP contribution is 2.26. The largest absolute Gasteiger partial charge is 0.350 e. The van der Waals surface area contributed by atoms with E-state index >= 15 is 0 Å². The molecule has 0 spiro atoms. The van der Waals surface area contributed by atoms with Gasteiger partial charge in [0.15, 0.2) is 0 Å². The van der Waals surface area contributed by atoms with Gasteiger partial charge in [0.05, 0.1) is 0 Å². The van der Waals surface area contributed by atoms with Crippen LogP contribution in [-0.2, 0) is 16.0 Å². The van der Waals surface area contributed by atoms with Gasteiger partial charge in [0.2, 0.25) is 0 Å². The Morgan fingerprint density at radius 1 is 0.935 bits per heavy atom. The monoisotopic (exact) mass is 437 g/mol. The van der Waals surface area contributed by atoms with E-state index < -0.39 is 11.8 Å². The number of hydrogen-bond acceptors (Lipinski definition) is 4. The molecular weight excluding hydrogens is 414 g/mol. The number of nitrogens with one attached hydrogen (secondary N) is 1. The summed E-state index contributed by atoms with van der Waals surface area (Å²) in [7, 11) is 0. The summed E-state index contributed by atoms with van der Waals surface area (Å²) in [6, 6.07) is 16.6. The lowest BCUT2D eigenvalue weighted by molar-refractivity contribution is -0.137. The number of amides is 3. The molecule has 1 N–H and O–H groups in total. The van der Waals surface area contributed by atoms with E-state index in [0.717, 1.165) is 42.8 Å². The van der Waals surface area contributed by atoms with Gasteiger partial charge in [-0.2, -0.15) is 0 Å². The number of rotatable bonds is 6. The van der Waals surface area contributed by atoms with Crippen LogP contribution in [0.5, 0.6) is 0 Å². The molecule has 1 fully saturated rings. The van der Waals surface area contributed by atoms with Crippen molar-refractivity contribution in [3.8, 4) is 0 Å². The molecule has 160 valence electrons. The first-order valence-corrected chi connectivity index (χ1v) is 10.9. The Kier molecular flexibility index (Phi) is 6.37. The van der Waals surface area contributed by atoms with Crippen molar-refractivity contribution in [1.29, 1.82) is 0 Å². The van der Waals surface area contributed by atoms with E-state index in [1.807, 2.05) is 35.2 Å². The Balaban J connectivity index is 1.45. The summed E-state index contributed by atoms with van der Waals surface area (Å²) >= 11 is 6.20. The smallest absolute Gasteiger partial charge is 0.278 e. The van der Waals surface area contributed by atoms with Gasteiger partial charge < -0.3 is 10.2 Å². The summed E-state index contributed by atoms with van der Waals surface area (Å²) in [5.74, 6) is -0.994. The van der Waals surface area contributed by atoms with Gasteiger partial charge in [-0.1, -0.05) is 48.0 Å². The molecule has 2 aliphatic heterocycles. The maximum absolute atomic E-state index is 12.8. The first-order valence-electron chi connectivity index (χ1n) is 10.5. The van der Waals surface area contributed by atoms with E-state index in [1.54, 1.807) is 24.3 Å². The molecular formula is C24H24ClN3O3. The lowest BCUT2D eigenvalue weighted by Crippen LogP contribution is -2.35. The summed E-state index contributed by atoms with van der Waals surface area (Å²) in [5, 5.41) is 2.83. The van der Waals surface area contributed by atoms with Crippen molar-refractivity contribution in [2.75, 3.05) is 25.0 Å². The first-order chi connectivity index (χ1) is 15.0. The summed E-state index contributed by atoms with van der Waals surface area (Å²) in [6.07, 6.45) is 3.73. The molecule has 0 unspecified atom stereocenters. The standard InChI is InChI=1S/C24H24ClN3O3/c25-20-21(24(31)28(23(20)30)15-12-17-8-3-1-4-9-17)26-19-11-7-10-18(16-19)22(29)27-13-5-2-6-14-27/h1,3-4,7-11,16,26H,2,5-6,12-15H2.